The van der Waals surface area contributed by atoms with Crippen LogP contribution in [0.5, 0.6) is 11.5 Å². The number of furan rings is 1. The zero-order valence-corrected chi connectivity index (χ0v) is 17.2. The number of benzene rings is 3. The quantitative estimate of drug-likeness (QED) is 0.403. The van der Waals surface area contributed by atoms with Crippen LogP contribution in [0.1, 0.15) is 6.92 Å². The Hall–Kier alpha value is -2.89. The molecule has 29 heavy (non-hydrogen) atoms. The van der Waals surface area contributed by atoms with Gasteiger partial charge in [0.25, 0.3) is 5.91 Å². The minimum Gasteiger partial charge on any atom is -0.495 e. The molecule has 1 unspecified atom stereocenters. The predicted molar refractivity (Wildman–Crippen MR) is 115 cm³/mol. The topological polar surface area (TPSA) is 60.7 Å². The van der Waals surface area contributed by atoms with E-state index < -0.39 is 6.10 Å². The first kappa shape index (κ1) is 19.4. The zero-order valence-electron chi connectivity index (χ0n) is 15.7. The lowest BCUT2D eigenvalue weighted by Crippen LogP contribution is -2.30. The molecule has 148 valence electrons. The number of nitrogens with one attached hydrogen (secondary N) is 1. The number of carbonyl (C=O) groups excluding carboxylic acids is 1. The van der Waals surface area contributed by atoms with Gasteiger partial charge in [-0.15, -0.1) is 0 Å². The molecule has 1 heterocycles. The average molecular weight is 430 g/mol. The lowest BCUT2D eigenvalue weighted by atomic mass is 10.1. The second kappa shape index (κ2) is 7.85. The Morgan fingerprint density at radius 2 is 1.79 bits per heavy atom. The van der Waals surface area contributed by atoms with E-state index in [1.165, 1.54) is 0 Å². The third-order valence-electron chi connectivity index (χ3n) is 4.52. The molecule has 0 aliphatic heterocycles. The number of para-hydroxylation sites is 1. The van der Waals surface area contributed by atoms with Gasteiger partial charge in [-0.1, -0.05) is 41.4 Å². The summed E-state index contributed by atoms with van der Waals surface area (Å²) in [6.07, 6.45) is -0.818. The Morgan fingerprint density at radius 1 is 1.00 bits per heavy atom. The Balaban J connectivity index is 1.61. The maximum atomic E-state index is 12.7. The van der Waals surface area contributed by atoms with Crippen molar-refractivity contribution in [3.8, 4) is 11.5 Å². The molecule has 0 fully saturated rings. The monoisotopic (exact) mass is 429 g/mol. The lowest BCUT2D eigenvalue weighted by molar-refractivity contribution is -0.122. The summed E-state index contributed by atoms with van der Waals surface area (Å²) < 4.78 is 17.0. The van der Waals surface area contributed by atoms with E-state index in [-0.39, 0.29) is 5.91 Å². The van der Waals surface area contributed by atoms with Gasteiger partial charge in [0.1, 0.15) is 22.7 Å². The van der Waals surface area contributed by atoms with Gasteiger partial charge in [-0.25, -0.2) is 0 Å². The van der Waals surface area contributed by atoms with Crippen molar-refractivity contribution in [1.29, 1.82) is 0 Å². The molecule has 4 aromatic rings. The molecule has 0 spiro atoms. The highest BCUT2D eigenvalue weighted by Crippen LogP contribution is 2.36. The van der Waals surface area contributed by atoms with Crippen molar-refractivity contribution in [3.63, 3.8) is 0 Å². The summed E-state index contributed by atoms with van der Waals surface area (Å²) in [6, 6.07) is 16.1. The summed E-state index contributed by atoms with van der Waals surface area (Å²) in [5.41, 5.74) is 1.89. The van der Waals surface area contributed by atoms with Gasteiger partial charge in [0.15, 0.2) is 6.10 Å². The van der Waals surface area contributed by atoms with Gasteiger partial charge in [-0.2, -0.15) is 0 Å². The smallest absolute Gasteiger partial charge is 0.265 e. The maximum absolute atomic E-state index is 12.7. The van der Waals surface area contributed by atoms with Gasteiger partial charge in [-0.3, -0.25) is 4.79 Å². The van der Waals surface area contributed by atoms with Crippen LogP contribution in [0.3, 0.4) is 0 Å². The van der Waals surface area contributed by atoms with Crippen LogP contribution in [0, 0.1) is 0 Å². The first-order valence-electron chi connectivity index (χ1n) is 8.88. The maximum Gasteiger partial charge on any atom is 0.265 e. The summed E-state index contributed by atoms with van der Waals surface area (Å²) in [7, 11) is 1.55. The number of rotatable bonds is 5. The van der Waals surface area contributed by atoms with Gasteiger partial charge >= 0.3 is 0 Å². The highest BCUT2D eigenvalue weighted by atomic mass is 35.5. The van der Waals surface area contributed by atoms with E-state index in [9.17, 15) is 4.79 Å². The minimum atomic E-state index is -0.818. The number of amides is 1. The molecule has 0 aliphatic carbocycles. The van der Waals surface area contributed by atoms with E-state index in [4.69, 9.17) is 37.1 Å². The molecular weight excluding hydrogens is 413 g/mol. The number of hydrogen-bond acceptors (Lipinski definition) is 4. The van der Waals surface area contributed by atoms with Crippen LogP contribution < -0.4 is 14.8 Å². The van der Waals surface area contributed by atoms with Crippen molar-refractivity contribution in [1.82, 2.24) is 0 Å². The Morgan fingerprint density at radius 3 is 2.59 bits per heavy atom. The van der Waals surface area contributed by atoms with E-state index in [2.05, 4.69) is 5.32 Å². The van der Waals surface area contributed by atoms with Gasteiger partial charge in [-0.05, 0) is 31.2 Å². The van der Waals surface area contributed by atoms with Gasteiger partial charge in [0.2, 0.25) is 0 Å². The molecule has 1 aromatic heterocycles. The van der Waals surface area contributed by atoms with E-state index in [1.807, 2.05) is 30.3 Å². The van der Waals surface area contributed by atoms with Crippen LogP contribution in [0.25, 0.3) is 21.9 Å². The van der Waals surface area contributed by atoms with E-state index in [0.29, 0.717) is 32.8 Å². The Labute approximate surface area is 177 Å². The van der Waals surface area contributed by atoms with Crippen LogP contribution in [0.4, 0.5) is 5.69 Å². The highest BCUT2D eigenvalue weighted by Gasteiger charge is 2.20. The van der Waals surface area contributed by atoms with Crippen LogP contribution in [0.2, 0.25) is 10.0 Å². The number of anilines is 1. The second-order valence-electron chi connectivity index (χ2n) is 6.47. The number of fused-ring (bicyclic) bond motifs is 3. The van der Waals surface area contributed by atoms with Gasteiger partial charge in [0, 0.05) is 27.9 Å². The van der Waals surface area contributed by atoms with Gasteiger partial charge < -0.3 is 19.2 Å². The molecule has 1 amide bonds. The van der Waals surface area contributed by atoms with Gasteiger partial charge in [0.05, 0.1) is 17.8 Å². The second-order valence-corrected chi connectivity index (χ2v) is 7.31. The molecule has 0 radical (unpaired) electrons. The van der Waals surface area contributed by atoms with Crippen LogP contribution in [-0.2, 0) is 4.79 Å². The highest BCUT2D eigenvalue weighted by molar-refractivity contribution is 6.34. The summed E-state index contributed by atoms with van der Waals surface area (Å²) in [4.78, 5) is 12.7. The van der Waals surface area contributed by atoms with E-state index in [0.717, 1.165) is 16.4 Å². The lowest BCUT2D eigenvalue weighted by Gasteiger charge is -2.17. The molecule has 1 atom stereocenters. The van der Waals surface area contributed by atoms with E-state index >= 15 is 0 Å². The molecule has 0 saturated heterocycles. The summed E-state index contributed by atoms with van der Waals surface area (Å²) >= 11 is 12.1. The van der Waals surface area contributed by atoms with Crippen molar-refractivity contribution >= 4 is 56.7 Å². The molecule has 0 bridgehead atoms. The SMILES string of the molecule is COc1cc2c(cc1NC(=O)C(C)Oc1cc(Cl)ccc1Cl)oc1ccccc12. The number of halogens is 2. The van der Waals surface area contributed by atoms with Crippen LogP contribution >= 0.6 is 23.2 Å². The van der Waals surface area contributed by atoms with Crippen molar-refractivity contribution in [2.45, 2.75) is 13.0 Å². The largest absolute Gasteiger partial charge is 0.495 e. The molecule has 0 saturated carbocycles. The fourth-order valence-electron chi connectivity index (χ4n) is 3.06. The standard InChI is InChI=1S/C22H17Cl2NO4/c1-12(28-20-9-13(23)7-8-16(20)24)22(26)25-17-11-19-15(10-21(17)27-2)14-5-3-4-6-18(14)29-19/h3-12H,1-2H3,(H,25,26). The number of methoxy groups -OCH3 is 1. The molecular formula is C22H17Cl2NO4. The van der Waals surface area contributed by atoms with Crippen molar-refractivity contribution < 1.29 is 18.7 Å². The summed E-state index contributed by atoms with van der Waals surface area (Å²) in [5, 5.41) is 5.55. The predicted octanol–water partition coefficient (Wildman–Crippen LogP) is 6.31. The average Bonchev–Trinajstić information content (AvgIpc) is 3.07. The van der Waals surface area contributed by atoms with E-state index in [1.54, 1.807) is 38.3 Å². The van der Waals surface area contributed by atoms with Crippen molar-refractivity contribution in [2.24, 2.45) is 0 Å². The van der Waals surface area contributed by atoms with Crippen LogP contribution in [0.15, 0.2) is 59.0 Å². The molecule has 3 aromatic carbocycles. The fourth-order valence-corrected chi connectivity index (χ4v) is 3.39. The molecule has 5 nitrogen and oxygen atoms in total. The Bertz CT molecular complexity index is 1220. The van der Waals surface area contributed by atoms with Crippen molar-refractivity contribution in [3.05, 3.63) is 64.6 Å². The number of hydrogen-bond donors (Lipinski definition) is 1. The first-order valence-corrected chi connectivity index (χ1v) is 9.63. The molecule has 1 N–H and O–H groups in total. The number of carbonyl (C=O) groups is 1. The fraction of sp³-hybridized carbons (Fsp3) is 0.136. The number of ether oxygens (including phenoxy) is 2. The minimum absolute atomic E-state index is 0.335. The third-order valence-corrected chi connectivity index (χ3v) is 5.07. The molecule has 4 rings (SSSR count). The van der Waals surface area contributed by atoms with Crippen molar-refractivity contribution in [2.75, 3.05) is 12.4 Å². The zero-order chi connectivity index (χ0) is 20.5. The Kier molecular flexibility index (Phi) is 5.26. The molecule has 7 heteroatoms. The summed E-state index contributed by atoms with van der Waals surface area (Å²) in [5.74, 6) is 0.488. The first-order chi connectivity index (χ1) is 14.0. The third kappa shape index (κ3) is 3.84. The summed E-state index contributed by atoms with van der Waals surface area (Å²) in [6.45, 7) is 1.62. The molecule has 0 aliphatic rings. The van der Waals surface area contributed by atoms with Crippen LogP contribution in [-0.4, -0.2) is 19.1 Å². The normalized spacial score (nSPS) is 12.1.